The molecule has 2 aliphatic heterocycles. The summed E-state index contributed by atoms with van der Waals surface area (Å²) < 4.78 is 5.96. The van der Waals surface area contributed by atoms with Crippen molar-refractivity contribution in [1.29, 1.82) is 0 Å². The van der Waals surface area contributed by atoms with Crippen LogP contribution < -0.4 is 9.80 Å². The number of benzene rings is 1. The zero-order chi connectivity index (χ0) is 19.8. The minimum absolute atomic E-state index is 0.178. The third-order valence-corrected chi connectivity index (χ3v) is 5.88. The summed E-state index contributed by atoms with van der Waals surface area (Å²) >= 11 is 0. The van der Waals surface area contributed by atoms with Gasteiger partial charge in [0.15, 0.2) is 11.6 Å². The molecule has 29 heavy (non-hydrogen) atoms. The number of morpholine rings is 1. The summed E-state index contributed by atoms with van der Waals surface area (Å²) in [4.78, 5) is 22.7. The number of piperidine rings is 1. The number of hydrogen-bond acceptors (Lipinski definition) is 6. The van der Waals surface area contributed by atoms with Crippen molar-refractivity contribution in [2.75, 3.05) is 36.0 Å². The molecule has 3 unspecified atom stereocenters. The Kier molecular flexibility index (Phi) is 4.83. The minimum atomic E-state index is 0.178. The number of hydrogen-bond donors (Lipinski definition) is 1. The summed E-state index contributed by atoms with van der Waals surface area (Å²) in [6, 6.07) is 8.15. The van der Waals surface area contributed by atoms with Crippen LogP contribution in [0.3, 0.4) is 0 Å². The van der Waals surface area contributed by atoms with Gasteiger partial charge >= 0.3 is 0 Å². The molecule has 1 N–H and O–H groups in total. The fourth-order valence-electron chi connectivity index (χ4n) is 4.65. The van der Waals surface area contributed by atoms with Gasteiger partial charge < -0.3 is 19.5 Å². The first-order chi connectivity index (χ1) is 14.2. The van der Waals surface area contributed by atoms with Crippen LogP contribution in [-0.4, -0.2) is 58.3 Å². The van der Waals surface area contributed by atoms with Gasteiger partial charge in [-0.25, -0.2) is 15.0 Å². The maximum absolute atomic E-state index is 5.96. The number of anilines is 2. The van der Waals surface area contributed by atoms with E-state index in [-0.39, 0.29) is 12.2 Å². The second-order valence-electron chi connectivity index (χ2n) is 8.28. The van der Waals surface area contributed by atoms with E-state index in [1.54, 1.807) is 0 Å². The lowest BCUT2D eigenvalue weighted by atomic mass is 9.97. The molecule has 152 valence electrons. The summed E-state index contributed by atoms with van der Waals surface area (Å²) in [7, 11) is 0. The van der Waals surface area contributed by atoms with Crippen molar-refractivity contribution >= 4 is 22.7 Å². The standard InChI is InChI=1S/C22H28N6O/c1-15-12-28(13-16(2)29-15)22-21(25-18-7-3-4-8-19(18)26-22)27-11-5-6-17(14-27)20-23-9-10-24-20/h3-4,7-10,15-17H,5-6,11-14H2,1-2H3,(H,23,24). The number of ether oxygens (including phenoxy) is 1. The van der Waals surface area contributed by atoms with Crippen molar-refractivity contribution in [3.05, 3.63) is 42.5 Å². The fraction of sp³-hybridized carbons (Fsp3) is 0.500. The van der Waals surface area contributed by atoms with Gasteiger partial charge in [0.1, 0.15) is 5.82 Å². The predicted molar refractivity (Wildman–Crippen MR) is 115 cm³/mol. The van der Waals surface area contributed by atoms with Gasteiger partial charge in [0, 0.05) is 44.5 Å². The van der Waals surface area contributed by atoms with Crippen LogP contribution >= 0.6 is 0 Å². The van der Waals surface area contributed by atoms with Gasteiger partial charge in [-0.1, -0.05) is 12.1 Å². The fourth-order valence-corrected chi connectivity index (χ4v) is 4.65. The second kappa shape index (κ2) is 7.63. The Bertz CT molecular complexity index is 965. The number of nitrogens with zero attached hydrogens (tertiary/aromatic N) is 5. The van der Waals surface area contributed by atoms with Gasteiger partial charge in [0.25, 0.3) is 0 Å². The van der Waals surface area contributed by atoms with Crippen LogP contribution in [-0.2, 0) is 4.74 Å². The Labute approximate surface area is 171 Å². The number of aromatic nitrogens is 4. The molecule has 4 heterocycles. The maximum atomic E-state index is 5.96. The summed E-state index contributed by atoms with van der Waals surface area (Å²) in [5, 5.41) is 0. The second-order valence-corrected chi connectivity index (χ2v) is 8.28. The summed E-state index contributed by atoms with van der Waals surface area (Å²) in [5.41, 5.74) is 1.89. The number of fused-ring (bicyclic) bond motifs is 1. The Morgan fingerprint density at radius 3 is 2.31 bits per heavy atom. The molecular formula is C22H28N6O. The highest BCUT2D eigenvalue weighted by atomic mass is 16.5. The number of nitrogens with one attached hydrogen (secondary N) is 1. The lowest BCUT2D eigenvalue weighted by molar-refractivity contribution is -0.00543. The van der Waals surface area contributed by atoms with Gasteiger partial charge in [-0.05, 0) is 38.8 Å². The van der Waals surface area contributed by atoms with E-state index in [1.165, 1.54) is 0 Å². The van der Waals surface area contributed by atoms with Crippen molar-refractivity contribution in [3.8, 4) is 0 Å². The highest BCUT2D eigenvalue weighted by Gasteiger charge is 2.30. The zero-order valence-corrected chi connectivity index (χ0v) is 17.1. The van der Waals surface area contributed by atoms with Crippen molar-refractivity contribution in [3.63, 3.8) is 0 Å². The molecule has 7 heteroatoms. The SMILES string of the molecule is CC1CN(c2nc3ccccc3nc2N2CCCC(c3ncc[nH]3)C2)CC(C)O1. The monoisotopic (exact) mass is 392 g/mol. The smallest absolute Gasteiger partial charge is 0.172 e. The average molecular weight is 393 g/mol. The quantitative estimate of drug-likeness (QED) is 0.737. The van der Waals surface area contributed by atoms with Crippen LogP contribution in [0.2, 0.25) is 0 Å². The van der Waals surface area contributed by atoms with E-state index < -0.39 is 0 Å². The van der Waals surface area contributed by atoms with Crippen molar-refractivity contribution in [1.82, 2.24) is 19.9 Å². The van der Waals surface area contributed by atoms with Gasteiger partial charge in [0.2, 0.25) is 0 Å². The van der Waals surface area contributed by atoms with Gasteiger partial charge in [-0.15, -0.1) is 0 Å². The number of aromatic amines is 1. The molecule has 0 radical (unpaired) electrons. The molecule has 7 nitrogen and oxygen atoms in total. The van der Waals surface area contributed by atoms with Crippen LogP contribution in [0.15, 0.2) is 36.7 Å². The van der Waals surface area contributed by atoms with Gasteiger partial charge in [-0.3, -0.25) is 0 Å². The first kappa shape index (κ1) is 18.4. The third kappa shape index (κ3) is 3.67. The van der Waals surface area contributed by atoms with Gasteiger partial charge in [-0.2, -0.15) is 0 Å². The Hall–Kier alpha value is -2.67. The van der Waals surface area contributed by atoms with E-state index in [9.17, 15) is 0 Å². The number of para-hydroxylation sites is 2. The van der Waals surface area contributed by atoms with Crippen LogP contribution in [0, 0.1) is 0 Å². The van der Waals surface area contributed by atoms with E-state index in [0.717, 1.165) is 67.5 Å². The molecule has 0 spiro atoms. The van der Waals surface area contributed by atoms with Crippen molar-refractivity contribution < 1.29 is 4.74 Å². The van der Waals surface area contributed by atoms with Crippen LogP contribution in [0.5, 0.6) is 0 Å². The largest absolute Gasteiger partial charge is 0.372 e. The van der Waals surface area contributed by atoms with E-state index >= 15 is 0 Å². The lowest BCUT2D eigenvalue weighted by Crippen LogP contribution is -2.47. The molecule has 0 amide bonds. The summed E-state index contributed by atoms with van der Waals surface area (Å²) in [6.07, 6.45) is 6.37. The van der Waals surface area contributed by atoms with Gasteiger partial charge in [0.05, 0.1) is 23.2 Å². The highest BCUT2D eigenvalue weighted by molar-refractivity contribution is 5.81. The topological polar surface area (TPSA) is 70.2 Å². The van der Waals surface area contributed by atoms with E-state index in [4.69, 9.17) is 14.7 Å². The first-order valence-electron chi connectivity index (χ1n) is 10.6. The van der Waals surface area contributed by atoms with Crippen LogP contribution in [0.1, 0.15) is 38.4 Å². The molecule has 5 rings (SSSR count). The Balaban J connectivity index is 1.54. The Morgan fingerprint density at radius 2 is 1.66 bits per heavy atom. The van der Waals surface area contributed by atoms with Crippen molar-refractivity contribution in [2.24, 2.45) is 0 Å². The lowest BCUT2D eigenvalue weighted by Gasteiger charge is -2.39. The molecular weight excluding hydrogens is 364 g/mol. The average Bonchev–Trinajstić information content (AvgIpc) is 3.27. The molecule has 1 aromatic carbocycles. The molecule has 0 bridgehead atoms. The number of imidazole rings is 1. The van der Waals surface area contributed by atoms with Crippen LogP contribution in [0.25, 0.3) is 11.0 Å². The van der Waals surface area contributed by atoms with Crippen LogP contribution in [0.4, 0.5) is 11.6 Å². The van der Waals surface area contributed by atoms with E-state index in [2.05, 4.69) is 33.6 Å². The van der Waals surface area contributed by atoms with E-state index in [0.29, 0.717) is 5.92 Å². The maximum Gasteiger partial charge on any atom is 0.172 e. The first-order valence-corrected chi connectivity index (χ1v) is 10.6. The Morgan fingerprint density at radius 1 is 0.966 bits per heavy atom. The molecule has 2 saturated heterocycles. The molecule has 0 saturated carbocycles. The molecule has 2 aromatic heterocycles. The molecule has 2 aliphatic rings. The molecule has 3 atom stereocenters. The minimum Gasteiger partial charge on any atom is -0.372 e. The van der Waals surface area contributed by atoms with E-state index in [1.807, 2.05) is 36.7 Å². The summed E-state index contributed by atoms with van der Waals surface area (Å²) in [6.45, 7) is 7.82. The molecule has 0 aliphatic carbocycles. The van der Waals surface area contributed by atoms with Crippen molar-refractivity contribution in [2.45, 2.75) is 44.8 Å². The normalized spacial score (nSPS) is 25.5. The molecule has 2 fully saturated rings. The zero-order valence-electron chi connectivity index (χ0n) is 17.1. The summed E-state index contributed by atoms with van der Waals surface area (Å²) in [5.74, 6) is 3.42. The number of H-pyrrole nitrogens is 1. The predicted octanol–water partition coefficient (Wildman–Crippen LogP) is 3.35. The third-order valence-electron chi connectivity index (χ3n) is 5.88. The number of rotatable bonds is 3. The molecule has 3 aromatic rings. The highest BCUT2D eigenvalue weighted by Crippen LogP contribution is 2.34.